The molecule has 1 fully saturated rings. The highest BCUT2D eigenvalue weighted by Gasteiger charge is 2.31. The number of nitrogens with one attached hydrogen (secondary N) is 1. The first-order valence-corrected chi connectivity index (χ1v) is 7.09. The fraction of sp³-hybridized carbons (Fsp3) is 0.533. The molecular formula is C15H17F4NO2. The minimum atomic E-state index is -4.56. The zero-order valence-electron chi connectivity index (χ0n) is 11.8. The van der Waals surface area contributed by atoms with Crippen molar-refractivity contribution in [2.24, 2.45) is 5.92 Å². The van der Waals surface area contributed by atoms with Gasteiger partial charge in [0.2, 0.25) is 5.91 Å². The van der Waals surface area contributed by atoms with Gasteiger partial charge in [-0.05, 0) is 37.5 Å². The summed E-state index contributed by atoms with van der Waals surface area (Å²) in [5.74, 6) is -1.54. The van der Waals surface area contributed by atoms with Crippen LogP contribution in [0.25, 0.3) is 0 Å². The quantitative estimate of drug-likeness (QED) is 0.842. The Labute approximate surface area is 125 Å². The lowest BCUT2D eigenvalue weighted by Crippen LogP contribution is -2.35. The third kappa shape index (κ3) is 4.19. The average Bonchev–Trinajstić information content (AvgIpc) is 2.44. The Kier molecular flexibility index (Phi) is 5.05. The molecule has 0 aliphatic heterocycles. The molecule has 0 heterocycles. The van der Waals surface area contributed by atoms with Crippen LogP contribution in [0.3, 0.4) is 0 Å². The number of hydrogen-bond acceptors (Lipinski definition) is 2. The van der Waals surface area contributed by atoms with Crippen LogP contribution in [0, 0.1) is 11.7 Å². The smallest absolute Gasteiger partial charge is 0.393 e. The van der Waals surface area contributed by atoms with Crippen molar-refractivity contribution < 1.29 is 27.5 Å². The van der Waals surface area contributed by atoms with E-state index in [9.17, 15) is 27.5 Å². The summed E-state index contributed by atoms with van der Waals surface area (Å²) in [6.07, 6.45) is -2.77. The molecule has 2 atom stereocenters. The monoisotopic (exact) mass is 319 g/mol. The predicted molar refractivity (Wildman–Crippen MR) is 71.2 cm³/mol. The summed E-state index contributed by atoms with van der Waals surface area (Å²) in [5.41, 5.74) is -1.16. The van der Waals surface area contributed by atoms with E-state index < -0.39 is 23.7 Å². The summed E-state index contributed by atoms with van der Waals surface area (Å²) >= 11 is 0. The normalized spacial score (nSPS) is 22.4. The van der Waals surface area contributed by atoms with Crippen LogP contribution >= 0.6 is 0 Å². The van der Waals surface area contributed by atoms with Crippen LogP contribution in [0.5, 0.6) is 0 Å². The summed E-state index contributed by atoms with van der Waals surface area (Å²) in [7, 11) is 0. The number of amides is 1. The van der Waals surface area contributed by atoms with Gasteiger partial charge in [-0.15, -0.1) is 0 Å². The van der Waals surface area contributed by atoms with Crippen molar-refractivity contribution >= 4 is 5.91 Å². The van der Waals surface area contributed by atoms with Gasteiger partial charge in [0.1, 0.15) is 5.82 Å². The Hall–Kier alpha value is -1.63. The molecule has 0 aromatic heterocycles. The lowest BCUT2D eigenvalue weighted by molar-refractivity contribution is -0.137. The van der Waals surface area contributed by atoms with Gasteiger partial charge < -0.3 is 10.4 Å². The number of carbonyl (C=O) groups is 1. The van der Waals surface area contributed by atoms with Gasteiger partial charge in [-0.1, -0.05) is 6.42 Å². The molecule has 1 amide bonds. The second-order valence-electron chi connectivity index (χ2n) is 5.54. The van der Waals surface area contributed by atoms with Crippen molar-refractivity contribution in [2.75, 3.05) is 0 Å². The second-order valence-corrected chi connectivity index (χ2v) is 5.54. The molecule has 1 aliphatic rings. The Bertz CT molecular complexity index is 545. The predicted octanol–water partition coefficient (Wildman–Crippen LogP) is 3.01. The molecule has 0 spiro atoms. The largest absolute Gasteiger partial charge is 0.416 e. The molecule has 2 N–H and O–H groups in total. The number of benzene rings is 1. The van der Waals surface area contributed by atoms with Crippen molar-refractivity contribution in [2.45, 2.75) is 44.5 Å². The van der Waals surface area contributed by atoms with E-state index >= 15 is 0 Å². The van der Waals surface area contributed by atoms with E-state index in [1.54, 1.807) is 0 Å². The SMILES string of the molecule is O=C(NCc1cc(C(F)(F)F)ccc1F)[C@@H]1CCC[C@H](O)C1. The van der Waals surface area contributed by atoms with Crippen LogP contribution in [-0.2, 0) is 17.5 Å². The first-order chi connectivity index (χ1) is 10.3. The number of carbonyl (C=O) groups excluding carboxylic acids is 1. The summed E-state index contributed by atoms with van der Waals surface area (Å²) in [6.45, 7) is -0.304. The first-order valence-electron chi connectivity index (χ1n) is 7.09. The van der Waals surface area contributed by atoms with Gasteiger partial charge in [0.15, 0.2) is 0 Å². The van der Waals surface area contributed by atoms with Crippen LogP contribution in [0.2, 0.25) is 0 Å². The number of rotatable bonds is 3. The summed E-state index contributed by atoms with van der Waals surface area (Å²) in [4.78, 5) is 11.9. The Morgan fingerprint density at radius 2 is 2.05 bits per heavy atom. The molecule has 3 nitrogen and oxygen atoms in total. The fourth-order valence-electron chi connectivity index (χ4n) is 2.62. The third-order valence-corrected chi connectivity index (χ3v) is 3.84. The molecule has 1 aliphatic carbocycles. The van der Waals surface area contributed by atoms with E-state index in [2.05, 4.69) is 5.32 Å². The number of aliphatic hydroxyl groups is 1. The molecule has 0 saturated heterocycles. The zero-order valence-corrected chi connectivity index (χ0v) is 11.8. The van der Waals surface area contributed by atoms with E-state index in [1.165, 1.54) is 0 Å². The van der Waals surface area contributed by atoms with Crippen molar-refractivity contribution in [3.05, 3.63) is 35.1 Å². The molecule has 0 unspecified atom stereocenters. The first kappa shape index (κ1) is 16.7. The van der Waals surface area contributed by atoms with Crippen LogP contribution in [0.1, 0.15) is 36.8 Å². The maximum absolute atomic E-state index is 13.6. The fourth-order valence-corrected chi connectivity index (χ4v) is 2.62. The number of alkyl halides is 3. The molecule has 1 aromatic carbocycles. The highest BCUT2D eigenvalue weighted by atomic mass is 19.4. The van der Waals surface area contributed by atoms with Crippen LogP contribution in [0.15, 0.2) is 18.2 Å². The van der Waals surface area contributed by atoms with Gasteiger partial charge in [-0.3, -0.25) is 4.79 Å². The molecule has 2 rings (SSSR count). The third-order valence-electron chi connectivity index (χ3n) is 3.84. The highest BCUT2D eigenvalue weighted by molar-refractivity contribution is 5.78. The summed E-state index contributed by atoms with van der Waals surface area (Å²) in [5, 5.41) is 12.0. The van der Waals surface area contributed by atoms with Gasteiger partial charge in [-0.25, -0.2) is 4.39 Å². The van der Waals surface area contributed by atoms with Crippen molar-refractivity contribution in [3.8, 4) is 0 Å². The Balaban J connectivity index is 2.00. The summed E-state index contributed by atoms with van der Waals surface area (Å²) in [6, 6.07) is 2.11. The van der Waals surface area contributed by atoms with Crippen molar-refractivity contribution in [1.82, 2.24) is 5.32 Å². The van der Waals surface area contributed by atoms with E-state index in [1.807, 2.05) is 0 Å². The standard InChI is InChI=1S/C15H17F4NO2/c16-13-5-4-11(15(17,18)19)6-10(13)8-20-14(22)9-2-1-3-12(21)7-9/h4-6,9,12,21H,1-3,7-8H2,(H,20,22)/t9-,12+/m1/s1. The Morgan fingerprint density at radius 3 is 2.68 bits per heavy atom. The van der Waals surface area contributed by atoms with E-state index in [4.69, 9.17) is 0 Å². The highest BCUT2D eigenvalue weighted by Crippen LogP contribution is 2.30. The minimum absolute atomic E-state index is 0.209. The molecule has 22 heavy (non-hydrogen) atoms. The maximum Gasteiger partial charge on any atom is 0.416 e. The van der Waals surface area contributed by atoms with Crippen LogP contribution in [-0.4, -0.2) is 17.1 Å². The summed E-state index contributed by atoms with van der Waals surface area (Å²) < 4.78 is 51.3. The van der Waals surface area contributed by atoms with E-state index in [-0.39, 0.29) is 23.9 Å². The van der Waals surface area contributed by atoms with Crippen molar-refractivity contribution in [1.29, 1.82) is 0 Å². The van der Waals surface area contributed by atoms with Gasteiger partial charge in [-0.2, -0.15) is 13.2 Å². The average molecular weight is 319 g/mol. The molecule has 1 aromatic rings. The van der Waals surface area contributed by atoms with Crippen molar-refractivity contribution in [3.63, 3.8) is 0 Å². The molecular weight excluding hydrogens is 302 g/mol. The van der Waals surface area contributed by atoms with Gasteiger partial charge in [0.25, 0.3) is 0 Å². The molecule has 122 valence electrons. The number of hydrogen-bond donors (Lipinski definition) is 2. The van der Waals surface area contributed by atoms with Crippen LogP contribution < -0.4 is 5.32 Å². The lowest BCUT2D eigenvalue weighted by Gasteiger charge is -2.25. The topological polar surface area (TPSA) is 49.3 Å². The van der Waals surface area contributed by atoms with Gasteiger partial charge in [0, 0.05) is 18.0 Å². The van der Waals surface area contributed by atoms with Crippen LogP contribution in [0.4, 0.5) is 17.6 Å². The van der Waals surface area contributed by atoms with Gasteiger partial charge in [0.05, 0.1) is 11.7 Å². The van der Waals surface area contributed by atoms with E-state index in [0.29, 0.717) is 31.4 Å². The van der Waals surface area contributed by atoms with Gasteiger partial charge >= 0.3 is 6.18 Å². The molecule has 0 bridgehead atoms. The number of aliphatic hydroxyl groups excluding tert-OH is 1. The maximum atomic E-state index is 13.6. The molecule has 0 radical (unpaired) electrons. The van der Waals surface area contributed by atoms with E-state index in [0.717, 1.165) is 12.5 Å². The zero-order chi connectivity index (χ0) is 16.3. The molecule has 1 saturated carbocycles. The number of halogens is 4. The molecule has 7 heteroatoms. The minimum Gasteiger partial charge on any atom is -0.393 e. The second kappa shape index (κ2) is 6.64. The Morgan fingerprint density at radius 1 is 1.32 bits per heavy atom. The lowest BCUT2D eigenvalue weighted by atomic mass is 9.86.